The number of ketones is 1. The Morgan fingerprint density at radius 1 is 1.29 bits per heavy atom. The van der Waals surface area contributed by atoms with Crippen molar-refractivity contribution in [2.24, 2.45) is 0 Å². The number of carbonyl (C=O) groups excluding carboxylic acids is 1. The van der Waals surface area contributed by atoms with Gasteiger partial charge in [0.2, 0.25) is 0 Å². The molecule has 0 saturated heterocycles. The lowest BCUT2D eigenvalue weighted by Crippen LogP contribution is -2.36. The summed E-state index contributed by atoms with van der Waals surface area (Å²) < 4.78 is 4.28. The van der Waals surface area contributed by atoms with E-state index in [1.54, 1.807) is 6.92 Å². The highest BCUT2D eigenvalue weighted by Gasteiger charge is 2.26. The van der Waals surface area contributed by atoms with Gasteiger partial charge in [0.25, 0.3) is 0 Å². The molecule has 0 aliphatic rings. The Balaban J connectivity index is 3.06. The van der Waals surface area contributed by atoms with Gasteiger partial charge in [-0.05, 0) is 44.6 Å². The third-order valence-corrected chi connectivity index (χ3v) is 4.48. The van der Waals surface area contributed by atoms with E-state index >= 15 is 0 Å². The molecular weight excluding hydrogens is 232 g/mol. The van der Waals surface area contributed by atoms with Crippen LogP contribution in [0, 0.1) is 6.92 Å². The summed E-state index contributed by atoms with van der Waals surface area (Å²) in [5.74, 6) is 0.0935. The number of hydrogen-bond acceptors (Lipinski definition) is 4. The Hall–Kier alpha value is -0.900. The minimum absolute atomic E-state index is 0.0865. The largest absolute Gasteiger partial charge is 0.370 e. The fourth-order valence-electron chi connectivity index (χ4n) is 2.13. The highest BCUT2D eigenvalue weighted by molar-refractivity contribution is 7.10. The number of anilines is 1. The molecular formula is C13H22N2OS. The zero-order valence-corrected chi connectivity index (χ0v) is 12.2. The number of hydrogen-bond donors (Lipinski definition) is 1. The van der Waals surface area contributed by atoms with Crippen molar-refractivity contribution in [3.63, 3.8) is 0 Å². The predicted molar refractivity (Wildman–Crippen MR) is 74.1 cm³/mol. The second-order valence-corrected chi connectivity index (χ2v) is 5.27. The summed E-state index contributed by atoms with van der Waals surface area (Å²) in [4.78, 5) is 11.6. The molecule has 0 aliphatic carbocycles. The molecule has 0 radical (unpaired) electrons. The Bertz CT molecular complexity index is 386. The van der Waals surface area contributed by atoms with Crippen LogP contribution in [0.4, 0.5) is 5.00 Å². The van der Waals surface area contributed by atoms with Gasteiger partial charge >= 0.3 is 0 Å². The molecule has 0 atom stereocenters. The zero-order valence-electron chi connectivity index (χ0n) is 11.4. The van der Waals surface area contributed by atoms with Crippen molar-refractivity contribution >= 4 is 22.3 Å². The highest BCUT2D eigenvalue weighted by Crippen LogP contribution is 2.32. The van der Waals surface area contributed by atoms with Crippen molar-refractivity contribution in [2.45, 2.75) is 59.4 Å². The first kappa shape index (κ1) is 14.2. The molecule has 1 aromatic rings. The quantitative estimate of drug-likeness (QED) is 0.779. The monoisotopic (exact) mass is 254 g/mol. The number of Topliss-reactive ketones (excluding diaryl/α,β-unsaturated/α-hetero) is 1. The lowest BCUT2D eigenvalue weighted by molar-refractivity contribution is 0.101. The fourth-order valence-corrected chi connectivity index (χ4v) is 3.09. The van der Waals surface area contributed by atoms with E-state index in [1.807, 2.05) is 6.92 Å². The molecule has 0 saturated carbocycles. The normalized spacial score (nSPS) is 11.6. The molecule has 4 heteroatoms. The van der Waals surface area contributed by atoms with Crippen LogP contribution < -0.4 is 5.32 Å². The first-order valence-electron chi connectivity index (χ1n) is 6.25. The van der Waals surface area contributed by atoms with Crippen LogP contribution in [0.1, 0.15) is 63.0 Å². The molecule has 0 amide bonds. The molecule has 0 bridgehead atoms. The van der Waals surface area contributed by atoms with Gasteiger partial charge in [0.15, 0.2) is 5.78 Å². The van der Waals surface area contributed by atoms with E-state index in [9.17, 15) is 4.79 Å². The van der Waals surface area contributed by atoms with Gasteiger partial charge in [-0.25, -0.2) is 0 Å². The number of aromatic nitrogens is 1. The SMILES string of the molecule is CCC(CC)(CC)Nc1snc(C)c1C(C)=O. The van der Waals surface area contributed by atoms with E-state index in [0.29, 0.717) is 0 Å². The zero-order chi connectivity index (χ0) is 13.1. The van der Waals surface area contributed by atoms with Crippen molar-refractivity contribution in [3.05, 3.63) is 11.3 Å². The first-order chi connectivity index (χ1) is 7.99. The van der Waals surface area contributed by atoms with Gasteiger partial charge in [-0.15, -0.1) is 0 Å². The Labute approximate surface area is 108 Å². The van der Waals surface area contributed by atoms with Gasteiger partial charge in [0, 0.05) is 5.54 Å². The lowest BCUT2D eigenvalue weighted by atomic mass is 9.90. The predicted octanol–water partition coefficient (Wildman–Crippen LogP) is 4.03. The van der Waals surface area contributed by atoms with Gasteiger partial charge in [-0.1, -0.05) is 20.8 Å². The standard InChI is InChI=1S/C13H22N2OS/c1-6-13(7-2,8-3)14-12-11(10(5)16)9(4)15-17-12/h14H,6-8H2,1-5H3. The number of rotatable bonds is 6. The molecule has 96 valence electrons. The topological polar surface area (TPSA) is 42.0 Å². The van der Waals surface area contributed by atoms with Crippen LogP contribution >= 0.6 is 11.5 Å². The third kappa shape index (κ3) is 2.86. The lowest BCUT2D eigenvalue weighted by Gasteiger charge is -2.32. The number of nitrogens with one attached hydrogen (secondary N) is 1. The number of aryl methyl sites for hydroxylation is 1. The summed E-state index contributed by atoms with van der Waals surface area (Å²) in [6, 6.07) is 0. The Morgan fingerprint density at radius 2 is 1.82 bits per heavy atom. The molecule has 0 unspecified atom stereocenters. The summed E-state index contributed by atoms with van der Waals surface area (Å²) in [5.41, 5.74) is 1.68. The molecule has 3 nitrogen and oxygen atoms in total. The molecule has 1 heterocycles. The first-order valence-corrected chi connectivity index (χ1v) is 7.02. The maximum atomic E-state index is 11.6. The van der Waals surface area contributed by atoms with Gasteiger partial charge in [0.1, 0.15) is 5.00 Å². The maximum Gasteiger partial charge on any atom is 0.164 e. The summed E-state index contributed by atoms with van der Waals surface area (Å²) in [5, 5.41) is 4.48. The Kier molecular flexibility index (Phi) is 4.69. The second-order valence-electron chi connectivity index (χ2n) is 4.49. The van der Waals surface area contributed by atoms with Crippen LogP contribution in [-0.2, 0) is 0 Å². The van der Waals surface area contributed by atoms with Crippen LogP contribution in [0.2, 0.25) is 0 Å². The summed E-state index contributed by atoms with van der Waals surface area (Å²) in [6.07, 6.45) is 3.15. The van der Waals surface area contributed by atoms with Crippen LogP contribution in [0.15, 0.2) is 0 Å². The smallest absolute Gasteiger partial charge is 0.164 e. The average molecular weight is 254 g/mol. The minimum atomic E-state index is 0.0865. The number of carbonyl (C=O) groups is 1. The molecule has 1 N–H and O–H groups in total. The summed E-state index contributed by atoms with van der Waals surface area (Å²) in [6.45, 7) is 10.0. The average Bonchev–Trinajstić information content (AvgIpc) is 2.67. The van der Waals surface area contributed by atoms with Crippen LogP contribution in [0.25, 0.3) is 0 Å². The van der Waals surface area contributed by atoms with E-state index in [0.717, 1.165) is 35.5 Å². The van der Waals surface area contributed by atoms with Crippen LogP contribution in [0.5, 0.6) is 0 Å². The Morgan fingerprint density at radius 3 is 2.24 bits per heavy atom. The van der Waals surface area contributed by atoms with E-state index in [1.165, 1.54) is 11.5 Å². The maximum absolute atomic E-state index is 11.6. The van der Waals surface area contributed by atoms with Crippen molar-refractivity contribution < 1.29 is 4.79 Å². The highest BCUT2D eigenvalue weighted by atomic mass is 32.1. The van der Waals surface area contributed by atoms with Crippen LogP contribution in [0.3, 0.4) is 0 Å². The van der Waals surface area contributed by atoms with Gasteiger partial charge in [-0.2, -0.15) is 4.37 Å². The van der Waals surface area contributed by atoms with Gasteiger partial charge in [0.05, 0.1) is 11.3 Å². The second kappa shape index (κ2) is 5.63. The molecule has 1 aromatic heterocycles. The summed E-state index contributed by atoms with van der Waals surface area (Å²) in [7, 11) is 0. The number of nitrogens with zero attached hydrogens (tertiary/aromatic N) is 1. The minimum Gasteiger partial charge on any atom is -0.370 e. The summed E-state index contributed by atoms with van der Waals surface area (Å²) >= 11 is 1.40. The van der Waals surface area contributed by atoms with Crippen molar-refractivity contribution in [2.75, 3.05) is 5.32 Å². The molecule has 1 rings (SSSR count). The van der Waals surface area contributed by atoms with E-state index in [4.69, 9.17) is 0 Å². The van der Waals surface area contributed by atoms with Crippen molar-refractivity contribution in [3.8, 4) is 0 Å². The molecule has 17 heavy (non-hydrogen) atoms. The van der Waals surface area contributed by atoms with E-state index < -0.39 is 0 Å². The van der Waals surface area contributed by atoms with Crippen LogP contribution in [-0.4, -0.2) is 15.7 Å². The van der Waals surface area contributed by atoms with Gasteiger partial charge < -0.3 is 5.32 Å². The third-order valence-electron chi connectivity index (χ3n) is 3.62. The molecule has 0 fully saturated rings. The van der Waals surface area contributed by atoms with Gasteiger partial charge in [-0.3, -0.25) is 4.79 Å². The van der Waals surface area contributed by atoms with Crippen molar-refractivity contribution in [1.29, 1.82) is 0 Å². The molecule has 0 aliphatic heterocycles. The molecule has 0 aromatic carbocycles. The van der Waals surface area contributed by atoms with Crippen molar-refractivity contribution in [1.82, 2.24) is 4.37 Å². The molecule has 0 spiro atoms. The fraction of sp³-hybridized carbons (Fsp3) is 0.692. The van der Waals surface area contributed by atoms with E-state index in [-0.39, 0.29) is 11.3 Å². The van der Waals surface area contributed by atoms with E-state index in [2.05, 4.69) is 30.5 Å².